The number of hydrogen-bond acceptors (Lipinski definition) is 5. The maximum atomic E-state index is 12.1. The average Bonchev–Trinajstić information content (AvgIpc) is 2.74. The van der Waals surface area contributed by atoms with Crippen molar-refractivity contribution < 1.29 is 19.4 Å². The number of thiazole rings is 1. The third-order valence-corrected chi connectivity index (χ3v) is 3.44. The van der Waals surface area contributed by atoms with Crippen LogP contribution in [0.3, 0.4) is 0 Å². The molecule has 1 atom stereocenters. The van der Waals surface area contributed by atoms with E-state index in [1.165, 1.54) is 11.3 Å². The molecule has 2 rings (SSSR count). The van der Waals surface area contributed by atoms with Crippen molar-refractivity contribution in [3.05, 3.63) is 16.1 Å². The lowest BCUT2D eigenvalue weighted by Crippen LogP contribution is -2.46. The molecule has 18 heavy (non-hydrogen) atoms. The molecule has 0 spiro atoms. The van der Waals surface area contributed by atoms with Crippen molar-refractivity contribution in [2.45, 2.75) is 19.4 Å². The zero-order valence-electron chi connectivity index (χ0n) is 9.96. The van der Waals surface area contributed by atoms with Gasteiger partial charge in [0.05, 0.1) is 24.1 Å². The van der Waals surface area contributed by atoms with E-state index < -0.39 is 12.1 Å². The van der Waals surface area contributed by atoms with E-state index in [2.05, 4.69) is 4.98 Å². The van der Waals surface area contributed by atoms with Crippen molar-refractivity contribution in [1.29, 1.82) is 0 Å². The summed E-state index contributed by atoms with van der Waals surface area (Å²) in [5, 5.41) is 11.3. The monoisotopic (exact) mass is 270 g/mol. The molecule has 2 heterocycles. The number of ether oxygens (including phenoxy) is 1. The second kappa shape index (κ2) is 5.45. The third kappa shape index (κ3) is 3.05. The summed E-state index contributed by atoms with van der Waals surface area (Å²) in [7, 11) is 0. The number of morpholine rings is 1. The Morgan fingerprint density at radius 2 is 2.44 bits per heavy atom. The minimum atomic E-state index is -0.918. The van der Waals surface area contributed by atoms with E-state index in [4.69, 9.17) is 9.84 Å². The molecule has 1 amide bonds. The number of hydrogen-bond donors (Lipinski definition) is 1. The molecule has 1 aromatic heterocycles. The van der Waals surface area contributed by atoms with Crippen LogP contribution in [0, 0.1) is 6.92 Å². The number of aromatic nitrogens is 1. The van der Waals surface area contributed by atoms with Crippen LogP contribution in [0.4, 0.5) is 0 Å². The van der Waals surface area contributed by atoms with Crippen LogP contribution in [-0.2, 0) is 9.53 Å². The molecule has 1 fully saturated rings. The number of nitrogens with zero attached hydrogens (tertiary/aromatic N) is 2. The molecule has 1 aliphatic heterocycles. The molecule has 0 saturated carbocycles. The van der Waals surface area contributed by atoms with Gasteiger partial charge in [0.15, 0.2) is 0 Å². The summed E-state index contributed by atoms with van der Waals surface area (Å²) in [5.74, 6) is -1.07. The molecule has 7 heteroatoms. The molecule has 6 nitrogen and oxygen atoms in total. The number of rotatable bonds is 3. The molecule has 1 saturated heterocycles. The van der Waals surface area contributed by atoms with Crippen LogP contribution in [0.2, 0.25) is 0 Å². The largest absolute Gasteiger partial charge is 0.481 e. The summed E-state index contributed by atoms with van der Waals surface area (Å²) in [5.41, 5.74) is 0.425. The summed E-state index contributed by atoms with van der Waals surface area (Å²) >= 11 is 1.42. The highest BCUT2D eigenvalue weighted by molar-refractivity contribution is 7.09. The Bertz CT molecular complexity index is 460. The summed E-state index contributed by atoms with van der Waals surface area (Å²) in [6.45, 7) is 2.99. The lowest BCUT2D eigenvalue weighted by Gasteiger charge is -2.31. The topological polar surface area (TPSA) is 79.7 Å². The van der Waals surface area contributed by atoms with Gasteiger partial charge >= 0.3 is 5.97 Å². The van der Waals surface area contributed by atoms with Gasteiger partial charge in [-0.1, -0.05) is 0 Å². The number of carboxylic acid groups (broad SMARTS) is 1. The fourth-order valence-electron chi connectivity index (χ4n) is 1.85. The fraction of sp³-hybridized carbons (Fsp3) is 0.545. The van der Waals surface area contributed by atoms with Gasteiger partial charge in [-0.15, -0.1) is 11.3 Å². The summed E-state index contributed by atoms with van der Waals surface area (Å²) in [6, 6.07) is 0. The maximum absolute atomic E-state index is 12.1. The molecule has 1 N–H and O–H groups in total. The van der Waals surface area contributed by atoms with E-state index in [9.17, 15) is 9.59 Å². The lowest BCUT2D eigenvalue weighted by molar-refractivity contribution is -0.141. The number of aliphatic carboxylic acids is 1. The van der Waals surface area contributed by atoms with Gasteiger partial charge in [-0.05, 0) is 6.92 Å². The Hall–Kier alpha value is -1.47. The van der Waals surface area contributed by atoms with Crippen molar-refractivity contribution in [2.75, 3.05) is 19.7 Å². The number of carbonyl (C=O) groups is 2. The van der Waals surface area contributed by atoms with Crippen LogP contribution < -0.4 is 0 Å². The number of carbonyl (C=O) groups excluding carboxylic acids is 1. The number of carboxylic acids is 1. The molecular formula is C11H14N2O4S. The molecule has 1 aliphatic rings. The number of aryl methyl sites for hydroxylation is 1. The minimum Gasteiger partial charge on any atom is -0.481 e. The normalized spacial score (nSPS) is 19.8. The van der Waals surface area contributed by atoms with Crippen LogP contribution >= 0.6 is 11.3 Å². The van der Waals surface area contributed by atoms with Crippen molar-refractivity contribution in [2.24, 2.45) is 0 Å². The molecule has 1 unspecified atom stereocenters. The van der Waals surface area contributed by atoms with E-state index in [1.54, 1.807) is 10.3 Å². The summed E-state index contributed by atoms with van der Waals surface area (Å²) in [4.78, 5) is 28.5. The van der Waals surface area contributed by atoms with Crippen LogP contribution in [0.15, 0.2) is 5.38 Å². The molecule has 1 aromatic rings. The highest BCUT2D eigenvalue weighted by Crippen LogP contribution is 2.14. The predicted octanol–water partition coefficient (Wildman–Crippen LogP) is 0.767. The SMILES string of the molecule is Cc1nc(C(=O)N2CCOC(CC(=O)O)C2)cs1. The first kappa shape index (κ1) is 13.0. The van der Waals surface area contributed by atoms with Gasteiger partial charge in [-0.25, -0.2) is 4.98 Å². The van der Waals surface area contributed by atoms with Gasteiger partial charge in [0.25, 0.3) is 5.91 Å². The van der Waals surface area contributed by atoms with E-state index in [-0.39, 0.29) is 12.3 Å². The standard InChI is InChI=1S/C11H14N2O4S/c1-7-12-9(6-18-7)11(16)13-2-3-17-8(5-13)4-10(14)15/h6,8H,2-5H2,1H3,(H,14,15). The van der Waals surface area contributed by atoms with Crippen LogP contribution in [-0.4, -0.2) is 52.7 Å². The van der Waals surface area contributed by atoms with E-state index in [0.29, 0.717) is 25.4 Å². The van der Waals surface area contributed by atoms with Crippen molar-refractivity contribution in [1.82, 2.24) is 9.88 Å². The maximum Gasteiger partial charge on any atom is 0.306 e. The number of amides is 1. The second-order valence-corrected chi connectivity index (χ2v) is 5.16. The van der Waals surface area contributed by atoms with Gasteiger partial charge in [0.1, 0.15) is 5.69 Å². The predicted molar refractivity (Wildman–Crippen MR) is 64.7 cm³/mol. The van der Waals surface area contributed by atoms with E-state index >= 15 is 0 Å². The lowest BCUT2D eigenvalue weighted by atomic mass is 10.2. The van der Waals surface area contributed by atoms with Crippen molar-refractivity contribution in [3.8, 4) is 0 Å². The fourth-order valence-corrected chi connectivity index (χ4v) is 2.43. The quantitative estimate of drug-likeness (QED) is 0.877. The first-order valence-corrected chi connectivity index (χ1v) is 6.49. The zero-order valence-corrected chi connectivity index (χ0v) is 10.8. The van der Waals surface area contributed by atoms with Crippen molar-refractivity contribution >= 4 is 23.2 Å². The first-order valence-electron chi connectivity index (χ1n) is 5.61. The molecule has 0 radical (unpaired) electrons. The van der Waals surface area contributed by atoms with Crippen LogP contribution in [0.5, 0.6) is 0 Å². The highest BCUT2D eigenvalue weighted by atomic mass is 32.1. The van der Waals surface area contributed by atoms with E-state index in [0.717, 1.165) is 5.01 Å². The Labute approximate surface area is 108 Å². The minimum absolute atomic E-state index is 0.0835. The average molecular weight is 270 g/mol. The summed E-state index contributed by atoms with van der Waals surface area (Å²) < 4.78 is 5.32. The Morgan fingerprint density at radius 1 is 1.67 bits per heavy atom. The van der Waals surface area contributed by atoms with Crippen molar-refractivity contribution in [3.63, 3.8) is 0 Å². The van der Waals surface area contributed by atoms with Gasteiger partial charge in [-0.3, -0.25) is 9.59 Å². The molecule has 0 bridgehead atoms. The van der Waals surface area contributed by atoms with Gasteiger partial charge < -0.3 is 14.7 Å². The van der Waals surface area contributed by atoms with Gasteiger partial charge in [-0.2, -0.15) is 0 Å². The molecule has 0 aromatic carbocycles. The molecule has 98 valence electrons. The molecule has 0 aliphatic carbocycles. The van der Waals surface area contributed by atoms with Gasteiger partial charge in [0, 0.05) is 18.5 Å². The highest BCUT2D eigenvalue weighted by Gasteiger charge is 2.27. The van der Waals surface area contributed by atoms with E-state index in [1.807, 2.05) is 6.92 Å². The zero-order chi connectivity index (χ0) is 13.1. The molecular weight excluding hydrogens is 256 g/mol. The van der Waals surface area contributed by atoms with Crippen LogP contribution in [0.1, 0.15) is 21.9 Å². The Balaban J connectivity index is 2.00. The van der Waals surface area contributed by atoms with Crippen LogP contribution in [0.25, 0.3) is 0 Å². The Morgan fingerprint density at radius 3 is 3.06 bits per heavy atom. The second-order valence-electron chi connectivity index (χ2n) is 4.09. The smallest absolute Gasteiger partial charge is 0.306 e. The summed E-state index contributed by atoms with van der Waals surface area (Å²) in [6.07, 6.45) is -0.514. The first-order chi connectivity index (χ1) is 8.56. The Kier molecular flexibility index (Phi) is 3.93. The third-order valence-electron chi connectivity index (χ3n) is 2.67. The van der Waals surface area contributed by atoms with Gasteiger partial charge in [0.2, 0.25) is 0 Å².